The van der Waals surface area contributed by atoms with Crippen LogP contribution in [0.1, 0.15) is 0 Å². The molecule has 110 valence electrons. The minimum atomic E-state index is -0.597. The fourth-order valence-corrected chi connectivity index (χ4v) is 2.92. The number of amides is 1. The van der Waals surface area contributed by atoms with Gasteiger partial charge in [-0.25, -0.2) is 4.39 Å². The molecule has 1 aromatic heterocycles. The molecule has 1 heterocycles. The van der Waals surface area contributed by atoms with E-state index in [0.29, 0.717) is 14.6 Å². The monoisotopic (exact) mass is 417 g/mol. The van der Waals surface area contributed by atoms with Crippen LogP contribution in [0.4, 0.5) is 15.8 Å². The van der Waals surface area contributed by atoms with Gasteiger partial charge in [0.05, 0.1) is 10.2 Å². The fourth-order valence-electron chi connectivity index (χ4n) is 1.67. The normalized spacial score (nSPS) is 10.4. The van der Waals surface area contributed by atoms with Crippen molar-refractivity contribution in [2.75, 3.05) is 11.1 Å². The van der Waals surface area contributed by atoms with Crippen molar-refractivity contribution in [1.82, 2.24) is 4.57 Å². The van der Waals surface area contributed by atoms with E-state index in [2.05, 4.69) is 37.2 Å². The number of hydrogen-bond acceptors (Lipinski definition) is 3. The van der Waals surface area contributed by atoms with Crippen LogP contribution in [-0.4, -0.2) is 10.5 Å². The summed E-state index contributed by atoms with van der Waals surface area (Å²) < 4.78 is 15.7. The minimum absolute atomic E-state index is 0.0258. The summed E-state index contributed by atoms with van der Waals surface area (Å²) in [7, 11) is 0. The van der Waals surface area contributed by atoms with Crippen molar-refractivity contribution in [3.63, 3.8) is 0 Å². The second kappa shape index (κ2) is 6.40. The number of hydrogen-bond donors (Lipinski definition) is 2. The van der Waals surface area contributed by atoms with Crippen molar-refractivity contribution < 1.29 is 9.18 Å². The lowest BCUT2D eigenvalue weighted by molar-refractivity contribution is -0.116. The summed E-state index contributed by atoms with van der Waals surface area (Å²) in [4.78, 5) is 23.8. The second-order valence-corrected chi connectivity index (χ2v) is 6.00. The third kappa shape index (κ3) is 3.92. The van der Waals surface area contributed by atoms with Gasteiger partial charge in [-0.05, 0) is 56.1 Å². The molecule has 5 nitrogen and oxygen atoms in total. The Balaban J connectivity index is 2.19. The number of rotatable bonds is 3. The summed E-state index contributed by atoms with van der Waals surface area (Å²) in [5, 5.41) is 2.38. The lowest BCUT2D eigenvalue weighted by Crippen LogP contribution is -2.28. The first-order chi connectivity index (χ1) is 9.86. The van der Waals surface area contributed by atoms with Gasteiger partial charge in [-0.2, -0.15) is 0 Å². The fraction of sp³-hybridized carbons (Fsp3) is 0.0769. The van der Waals surface area contributed by atoms with E-state index in [1.807, 2.05) is 0 Å². The molecule has 8 heteroatoms. The highest BCUT2D eigenvalue weighted by Gasteiger charge is 2.10. The molecule has 0 aliphatic heterocycles. The first-order valence-electron chi connectivity index (χ1n) is 5.77. The van der Waals surface area contributed by atoms with Crippen LogP contribution < -0.4 is 16.6 Å². The van der Waals surface area contributed by atoms with Crippen LogP contribution in [0.25, 0.3) is 0 Å². The molecule has 0 saturated heterocycles. The maximum Gasteiger partial charge on any atom is 0.265 e. The van der Waals surface area contributed by atoms with Crippen LogP contribution in [-0.2, 0) is 11.3 Å². The van der Waals surface area contributed by atoms with Crippen LogP contribution >= 0.6 is 31.9 Å². The standard InChI is InChI=1S/C13H10Br2FN3O2/c14-7-3-9(15)13(21)19(5-7)6-12(20)18-11-4-8(17)1-2-10(11)16/h1-5H,6,17H2,(H,18,20). The lowest BCUT2D eigenvalue weighted by Gasteiger charge is -2.09. The van der Waals surface area contributed by atoms with Crippen molar-refractivity contribution >= 4 is 49.1 Å². The predicted octanol–water partition coefficient (Wildman–Crippen LogP) is 2.73. The molecule has 0 fully saturated rings. The van der Waals surface area contributed by atoms with Crippen molar-refractivity contribution in [2.24, 2.45) is 0 Å². The zero-order chi connectivity index (χ0) is 15.6. The zero-order valence-corrected chi connectivity index (χ0v) is 13.7. The molecule has 0 unspecified atom stereocenters. The van der Waals surface area contributed by atoms with E-state index in [-0.39, 0.29) is 17.8 Å². The highest BCUT2D eigenvalue weighted by Crippen LogP contribution is 2.17. The Morgan fingerprint density at radius 2 is 2.05 bits per heavy atom. The molecular weight excluding hydrogens is 409 g/mol. The van der Waals surface area contributed by atoms with Crippen LogP contribution in [0.5, 0.6) is 0 Å². The van der Waals surface area contributed by atoms with Crippen molar-refractivity contribution in [3.8, 4) is 0 Å². The number of aromatic nitrogens is 1. The maximum atomic E-state index is 13.5. The Morgan fingerprint density at radius 3 is 2.76 bits per heavy atom. The van der Waals surface area contributed by atoms with Gasteiger partial charge in [0.1, 0.15) is 12.4 Å². The van der Waals surface area contributed by atoms with E-state index >= 15 is 0 Å². The summed E-state index contributed by atoms with van der Waals surface area (Å²) in [6.07, 6.45) is 1.47. The lowest BCUT2D eigenvalue weighted by atomic mass is 10.2. The van der Waals surface area contributed by atoms with Crippen LogP contribution in [0, 0.1) is 5.82 Å². The molecule has 0 radical (unpaired) electrons. The summed E-state index contributed by atoms with van der Waals surface area (Å²) in [5.41, 5.74) is 5.48. The summed E-state index contributed by atoms with van der Waals surface area (Å²) in [5.74, 6) is -1.13. The first-order valence-corrected chi connectivity index (χ1v) is 7.36. The molecule has 1 aromatic carbocycles. The Labute approximate surface area is 136 Å². The molecule has 0 aliphatic rings. The second-order valence-electron chi connectivity index (χ2n) is 4.23. The number of nitrogens with zero attached hydrogens (tertiary/aromatic N) is 1. The molecule has 0 saturated carbocycles. The number of pyridine rings is 1. The largest absolute Gasteiger partial charge is 0.399 e. The average Bonchev–Trinajstić information content (AvgIpc) is 2.39. The Kier molecular flexibility index (Phi) is 4.79. The highest BCUT2D eigenvalue weighted by atomic mass is 79.9. The molecule has 1 amide bonds. The van der Waals surface area contributed by atoms with Crippen molar-refractivity contribution in [2.45, 2.75) is 6.54 Å². The van der Waals surface area contributed by atoms with Gasteiger partial charge < -0.3 is 15.6 Å². The summed E-state index contributed by atoms with van der Waals surface area (Å²) >= 11 is 6.33. The highest BCUT2D eigenvalue weighted by molar-refractivity contribution is 9.11. The number of nitrogens with one attached hydrogen (secondary N) is 1. The van der Waals surface area contributed by atoms with E-state index in [1.165, 1.54) is 22.9 Å². The number of benzene rings is 1. The third-order valence-corrected chi connectivity index (χ3v) is 3.59. The molecule has 0 spiro atoms. The number of nitrogens with two attached hydrogens (primary N) is 1. The molecule has 2 rings (SSSR count). The smallest absolute Gasteiger partial charge is 0.265 e. The SMILES string of the molecule is Nc1ccc(F)c(NC(=O)Cn2cc(Br)cc(Br)c2=O)c1. The Hall–Kier alpha value is -1.67. The van der Waals surface area contributed by atoms with Gasteiger partial charge in [-0.15, -0.1) is 0 Å². The Bertz CT molecular complexity index is 762. The number of anilines is 2. The minimum Gasteiger partial charge on any atom is -0.399 e. The van der Waals surface area contributed by atoms with Gasteiger partial charge in [0.15, 0.2) is 0 Å². The van der Waals surface area contributed by atoms with Gasteiger partial charge in [0.2, 0.25) is 5.91 Å². The average molecular weight is 419 g/mol. The number of carbonyl (C=O) groups is 1. The molecular formula is C13H10Br2FN3O2. The van der Waals surface area contributed by atoms with E-state index in [1.54, 1.807) is 6.07 Å². The van der Waals surface area contributed by atoms with Crippen LogP contribution in [0.3, 0.4) is 0 Å². The van der Waals surface area contributed by atoms with Gasteiger partial charge in [-0.1, -0.05) is 0 Å². The number of carbonyl (C=O) groups excluding carboxylic acids is 1. The van der Waals surface area contributed by atoms with E-state index in [9.17, 15) is 14.0 Å². The number of halogens is 3. The predicted molar refractivity (Wildman–Crippen MR) is 85.5 cm³/mol. The van der Waals surface area contributed by atoms with Crippen molar-refractivity contribution in [1.29, 1.82) is 0 Å². The Morgan fingerprint density at radius 1 is 1.33 bits per heavy atom. The molecule has 0 bridgehead atoms. The van der Waals surface area contributed by atoms with E-state index in [0.717, 1.165) is 6.07 Å². The van der Waals surface area contributed by atoms with Crippen LogP contribution in [0.2, 0.25) is 0 Å². The summed E-state index contributed by atoms with van der Waals surface area (Å²) in [6, 6.07) is 5.44. The molecule has 21 heavy (non-hydrogen) atoms. The molecule has 2 aromatic rings. The third-order valence-electron chi connectivity index (χ3n) is 2.59. The topological polar surface area (TPSA) is 77.1 Å². The van der Waals surface area contributed by atoms with Gasteiger partial charge in [-0.3, -0.25) is 9.59 Å². The van der Waals surface area contributed by atoms with Gasteiger partial charge >= 0.3 is 0 Å². The van der Waals surface area contributed by atoms with Crippen LogP contribution in [0.15, 0.2) is 44.2 Å². The molecule has 0 atom stereocenters. The van der Waals surface area contributed by atoms with E-state index < -0.39 is 11.7 Å². The van der Waals surface area contributed by atoms with Crippen molar-refractivity contribution in [3.05, 3.63) is 55.6 Å². The molecule has 0 aliphatic carbocycles. The molecule has 3 N–H and O–H groups in total. The zero-order valence-electron chi connectivity index (χ0n) is 10.6. The maximum absolute atomic E-state index is 13.5. The summed E-state index contributed by atoms with van der Waals surface area (Å²) in [6.45, 7) is -0.245. The number of nitrogen functional groups attached to an aromatic ring is 1. The quantitative estimate of drug-likeness (QED) is 0.752. The van der Waals surface area contributed by atoms with Gasteiger partial charge in [0, 0.05) is 16.4 Å². The first kappa shape index (κ1) is 15.7. The van der Waals surface area contributed by atoms with Gasteiger partial charge in [0.25, 0.3) is 5.56 Å². The van der Waals surface area contributed by atoms with E-state index in [4.69, 9.17) is 5.73 Å².